The Morgan fingerprint density at radius 2 is 1.62 bits per heavy atom. The van der Waals surface area contributed by atoms with Crippen LogP contribution in [0.25, 0.3) is 0 Å². The molecule has 0 spiro atoms. The molecule has 2 saturated carbocycles. The number of nitrogens with zero attached hydrogens (tertiary/aromatic N) is 1. The molecule has 2 aliphatic carbocycles. The van der Waals surface area contributed by atoms with Crippen LogP contribution in [0.1, 0.15) is 46.5 Å². The fourth-order valence-corrected chi connectivity index (χ4v) is 5.00. The molecule has 3 fully saturated rings. The summed E-state index contributed by atoms with van der Waals surface area (Å²) in [6, 6.07) is 0. The Kier molecular flexibility index (Phi) is 3.66. The minimum atomic E-state index is -1.23. The van der Waals surface area contributed by atoms with Crippen LogP contribution in [0, 0.1) is 22.2 Å². The number of piperidine rings is 1. The van der Waals surface area contributed by atoms with E-state index < -0.39 is 27.8 Å². The number of hydrogen-bond donors (Lipinski definition) is 0. The van der Waals surface area contributed by atoms with E-state index in [0.29, 0.717) is 38.8 Å². The highest BCUT2D eigenvalue weighted by Crippen LogP contribution is 2.69. The molecule has 2 atom stereocenters. The minimum Gasteiger partial charge on any atom is -0.469 e. The zero-order valence-corrected chi connectivity index (χ0v) is 14.8. The summed E-state index contributed by atoms with van der Waals surface area (Å²) in [7, 11) is 1.36. The van der Waals surface area contributed by atoms with Crippen LogP contribution in [-0.4, -0.2) is 48.5 Å². The fourth-order valence-electron chi connectivity index (χ4n) is 5.00. The smallest absolute Gasteiger partial charge is 0.308 e. The first kappa shape index (κ1) is 17.1. The van der Waals surface area contributed by atoms with Crippen LogP contribution in [-0.2, 0) is 23.9 Å². The number of methoxy groups -OCH3 is 1. The van der Waals surface area contributed by atoms with Gasteiger partial charge in [-0.15, -0.1) is 0 Å². The fraction of sp³-hybridized carbons (Fsp3) is 0.778. The predicted octanol–water partition coefficient (Wildman–Crippen LogP) is 1.36. The minimum absolute atomic E-state index is 0.195. The Morgan fingerprint density at radius 1 is 1.04 bits per heavy atom. The van der Waals surface area contributed by atoms with Gasteiger partial charge in [0.15, 0.2) is 0 Å². The van der Waals surface area contributed by atoms with E-state index in [-0.39, 0.29) is 17.8 Å². The van der Waals surface area contributed by atoms with Crippen LogP contribution in [0.4, 0.5) is 0 Å². The van der Waals surface area contributed by atoms with Crippen molar-refractivity contribution < 1.29 is 23.9 Å². The molecule has 1 aliphatic heterocycles. The third kappa shape index (κ3) is 1.77. The number of ether oxygens (including phenoxy) is 1. The monoisotopic (exact) mass is 335 g/mol. The topological polar surface area (TPSA) is 80.8 Å². The SMILES string of the molecule is COC(=O)C1CCN(C(=O)C23CCC(C)(C(=O)C2=O)C3(C)C)CC1. The van der Waals surface area contributed by atoms with Crippen molar-refractivity contribution in [3.8, 4) is 0 Å². The second kappa shape index (κ2) is 5.14. The van der Waals surface area contributed by atoms with Crippen LogP contribution in [0.2, 0.25) is 0 Å². The molecule has 6 nitrogen and oxygen atoms in total. The van der Waals surface area contributed by atoms with Crippen molar-refractivity contribution in [2.45, 2.75) is 46.5 Å². The van der Waals surface area contributed by atoms with Crippen LogP contribution >= 0.6 is 0 Å². The molecule has 1 amide bonds. The molecular weight excluding hydrogens is 310 g/mol. The Labute approximate surface area is 141 Å². The van der Waals surface area contributed by atoms with Crippen LogP contribution in [0.3, 0.4) is 0 Å². The first-order chi connectivity index (χ1) is 11.1. The molecule has 0 N–H and O–H groups in total. The summed E-state index contributed by atoms with van der Waals surface area (Å²) in [5.74, 6) is -1.58. The van der Waals surface area contributed by atoms with Crippen LogP contribution in [0.5, 0.6) is 0 Å². The number of hydrogen-bond acceptors (Lipinski definition) is 5. The summed E-state index contributed by atoms with van der Waals surface area (Å²) in [6.45, 7) is 6.42. The van der Waals surface area contributed by atoms with Crippen molar-refractivity contribution in [2.24, 2.45) is 22.2 Å². The third-order valence-corrected chi connectivity index (χ3v) is 7.22. The quantitative estimate of drug-likeness (QED) is 0.432. The van der Waals surface area contributed by atoms with Gasteiger partial charge in [0.2, 0.25) is 17.5 Å². The molecule has 0 radical (unpaired) electrons. The van der Waals surface area contributed by atoms with Gasteiger partial charge in [-0.2, -0.15) is 0 Å². The standard InChI is InChI=1S/C18H25NO5/c1-16(2)17(3)7-8-18(16,13(21)12(17)20)15(23)19-9-5-11(6-10-19)14(22)24-4/h11H,5-10H2,1-4H3. The van der Waals surface area contributed by atoms with Crippen molar-refractivity contribution in [3.63, 3.8) is 0 Å². The lowest BCUT2D eigenvalue weighted by atomic mass is 9.64. The first-order valence-electron chi connectivity index (χ1n) is 8.60. The Morgan fingerprint density at radius 3 is 2.08 bits per heavy atom. The van der Waals surface area contributed by atoms with Crippen molar-refractivity contribution in [1.82, 2.24) is 4.90 Å². The van der Waals surface area contributed by atoms with Gasteiger partial charge < -0.3 is 9.64 Å². The van der Waals surface area contributed by atoms with Gasteiger partial charge in [0.25, 0.3) is 0 Å². The van der Waals surface area contributed by atoms with E-state index >= 15 is 0 Å². The zero-order valence-electron chi connectivity index (χ0n) is 14.8. The maximum Gasteiger partial charge on any atom is 0.308 e. The molecule has 24 heavy (non-hydrogen) atoms. The molecular formula is C18H25NO5. The van der Waals surface area contributed by atoms with E-state index in [9.17, 15) is 19.2 Å². The molecule has 6 heteroatoms. The summed E-state index contributed by atoms with van der Waals surface area (Å²) >= 11 is 0. The van der Waals surface area contributed by atoms with E-state index in [1.165, 1.54) is 7.11 Å². The average molecular weight is 335 g/mol. The lowest BCUT2D eigenvalue weighted by molar-refractivity contribution is -0.158. The van der Waals surface area contributed by atoms with Gasteiger partial charge >= 0.3 is 5.97 Å². The number of rotatable bonds is 2. The number of fused-ring (bicyclic) bond motifs is 2. The summed E-state index contributed by atoms with van der Waals surface area (Å²) in [5, 5.41) is 0. The highest BCUT2D eigenvalue weighted by Gasteiger charge is 2.78. The van der Waals surface area contributed by atoms with Crippen molar-refractivity contribution >= 4 is 23.4 Å². The van der Waals surface area contributed by atoms with Gasteiger partial charge in [0, 0.05) is 18.5 Å². The van der Waals surface area contributed by atoms with Crippen LogP contribution < -0.4 is 0 Å². The Bertz CT molecular complexity index is 631. The van der Waals surface area contributed by atoms with E-state index in [0.717, 1.165) is 0 Å². The summed E-state index contributed by atoms with van der Waals surface area (Å²) in [4.78, 5) is 51.8. The van der Waals surface area contributed by atoms with Gasteiger partial charge in [-0.05, 0) is 31.1 Å². The normalized spacial score (nSPS) is 35.4. The van der Waals surface area contributed by atoms with Crippen molar-refractivity contribution in [1.29, 1.82) is 0 Å². The highest BCUT2D eigenvalue weighted by molar-refractivity contribution is 6.48. The molecule has 132 valence electrons. The summed E-state index contributed by atoms with van der Waals surface area (Å²) in [5.41, 5.74) is -2.65. The van der Waals surface area contributed by atoms with Gasteiger partial charge in [0.1, 0.15) is 5.41 Å². The van der Waals surface area contributed by atoms with Crippen molar-refractivity contribution in [2.75, 3.05) is 20.2 Å². The number of carbonyl (C=O) groups is 4. The third-order valence-electron chi connectivity index (χ3n) is 7.22. The van der Waals surface area contributed by atoms with Gasteiger partial charge in [-0.3, -0.25) is 19.2 Å². The van der Waals surface area contributed by atoms with E-state index in [1.54, 1.807) is 4.90 Å². The van der Waals surface area contributed by atoms with Gasteiger partial charge in [-0.1, -0.05) is 20.8 Å². The summed E-state index contributed by atoms with van der Waals surface area (Å²) in [6.07, 6.45) is 2.09. The molecule has 0 aromatic heterocycles. The first-order valence-corrected chi connectivity index (χ1v) is 8.60. The maximum atomic E-state index is 13.3. The van der Waals surface area contributed by atoms with Gasteiger partial charge in [0.05, 0.1) is 13.0 Å². The number of Topliss-reactive ketones (excluding diaryl/α,β-unsaturated/α-hetero) is 2. The zero-order chi connectivity index (χ0) is 17.9. The molecule has 1 heterocycles. The molecule has 3 aliphatic rings. The predicted molar refractivity (Wildman–Crippen MR) is 84.9 cm³/mol. The molecule has 2 unspecified atom stereocenters. The molecule has 1 saturated heterocycles. The molecule has 0 aromatic rings. The molecule has 0 aromatic carbocycles. The largest absolute Gasteiger partial charge is 0.469 e. The lowest BCUT2D eigenvalue weighted by Gasteiger charge is -2.41. The maximum absolute atomic E-state index is 13.3. The Balaban J connectivity index is 1.85. The average Bonchev–Trinajstić information content (AvgIpc) is 2.85. The number of ketones is 2. The molecule has 3 rings (SSSR count). The number of likely N-dealkylation sites (tertiary alicyclic amines) is 1. The molecule has 2 bridgehead atoms. The second-order valence-electron chi connectivity index (χ2n) is 8.11. The number of esters is 1. The Hall–Kier alpha value is -1.72. The lowest BCUT2D eigenvalue weighted by Crippen LogP contribution is -2.54. The van der Waals surface area contributed by atoms with E-state index in [4.69, 9.17) is 4.74 Å². The second-order valence-corrected chi connectivity index (χ2v) is 8.11. The number of carbonyl (C=O) groups excluding carboxylic acids is 4. The number of amides is 1. The van der Waals surface area contributed by atoms with Crippen molar-refractivity contribution in [3.05, 3.63) is 0 Å². The highest BCUT2D eigenvalue weighted by atomic mass is 16.5. The van der Waals surface area contributed by atoms with E-state index in [2.05, 4.69) is 0 Å². The van der Waals surface area contributed by atoms with Gasteiger partial charge in [-0.25, -0.2) is 0 Å². The summed E-state index contributed by atoms with van der Waals surface area (Å²) < 4.78 is 4.77. The van der Waals surface area contributed by atoms with Crippen LogP contribution in [0.15, 0.2) is 0 Å². The van der Waals surface area contributed by atoms with E-state index in [1.807, 2.05) is 20.8 Å².